The average molecular weight is 241 g/mol. The van der Waals surface area contributed by atoms with Crippen LogP contribution in [0.2, 0.25) is 0 Å². The summed E-state index contributed by atoms with van der Waals surface area (Å²) in [4.78, 5) is 11.3. The highest BCUT2D eigenvalue weighted by Crippen LogP contribution is 2.36. The predicted octanol–water partition coefficient (Wildman–Crippen LogP) is 1.27. The van der Waals surface area contributed by atoms with Gasteiger partial charge in [0, 0.05) is 4.90 Å². The molecule has 86 valence electrons. The molecule has 1 aliphatic heterocycles. The number of aliphatic carboxylic acids is 1. The zero-order valence-corrected chi connectivity index (χ0v) is 9.20. The first-order valence-electron chi connectivity index (χ1n) is 4.69. The average Bonchev–Trinajstić information content (AvgIpc) is 2.63. The summed E-state index contributed by atoms with van der Waals surface area (Å²) in [5.41, 5.74) is 5.66. The number of ether oxygens (including phenoxy) is 2. The van der Waals surface area contributed by atoms with Crippen LogP contribution in [0.1, 0.15) is 6.42 Å². The maximum absolute atomic E-state index is 10.4. The van der Waals surface area contributed by atoms with E-state index in [0.717, 1.165) is 4.90 Å². The van der Waals surface area contributed by atoms with Crippen LogP contribution >= 0.6 is 11.8 Å². The summed E-state index contributed by atoms with van der Waals surface area (Å²) >= 11 is 1.30. The quantitative estimate of drug-likeness (QED) is 0.610. The van der Waals surface area contributed by atoms with Crippen LogP contribution in [0.25, 0.3) is 0 Å². The third-order valence-corrected chi connectivity index (χ3v) is 3.00. The first-order valence-corrected chi connectivity index (χ1v) is 5.57. The van der Waals surface area contributed by atoms with Crippen LogP contribution in [0, 0.1) is 0 Å². The molecule has 5 nitrogen and oxygen atoms in total. The molecule has 1 unspecified atom stereocenters. The Balaban J connectivity index is 2.02. The molecule has 2 rings (SSSR count). The number of benzene rings is 1. The number of carbonyl (C=O) groups is 1. The highest BCUT2D eigenvalue weighted by Gasteiger charge is 2.15. The monoisotopic (exact) mass is 241 g/mol. The number of fused-ring (bicyclic) bond motifs is 1. The molecule has 1 aromatic carbocycles. The van der Waals surface area contributed by atoms with Crippen molar-refractivity contribution < 1.29 is 19.4 Å². The number of thioether (sulfide) groups is 1. The summed E-state index contributed by atoms with van der Waals surface area (Å²) in [6.07, 6.45) is -0.0703. The van der Waals surface area contributed by atoms with E-state index in [-0.39, 0.29) is 13.2 Å². The zero-order valence-electron chi connectivity index (χ0n) is 8.38. The number of nitrogens with two attached hydrogens (primary N) is 1. The first kappa shape index (κ1) is 11.1. The van der Waals surface area contributed by atoms with Gasteiger partial charge in [-0.2, -0.15) is 0 Å². The molecule has 0 saturated heterocycles. The summed E-state index contributed by atoms with van der Waals surface area (Å²) in [6, 6.07) is 5.42. The molecule has 6 heteroatoms. The van der Waals surface area contributed by atoms with Gasteiger partial charge in [-0.05, 0) is 18.2 Å². The number of hydrogen-bond donors (Lipinski definition) is 2. The molecule has 0 aromatic heterocycles. The van der Waals surface area contributed by atoms with E-state index in [9.17, 15) is 4.79 Å². The van der Waals surface area contributed by atoms with Gasteiger partial charge in [0.15, 0.2) is 11.5 Å². The Morgan fingerprint density at radius 1 is 1.50 bits per heavy atom. The molecule has 0 radical (unpaired) electrons. The second kappa shape index (κ2) is 4.63. The van der Waals surface area contributed by atoms with Crippen LogP contribution in [0.4, 0.5) is 0 Å². The molecule has 16 heavy (non-hydrogen) atoms. The van der Waals surface area contributed by atoms with Gasteiger partial charge in [0.05, 0.1) is 11.8 Å². The lowest BCUT2D eigenvalue weighted by Gasteiger charge is -2.08. The van der Waals surface area contributed by atoms with Crippen LogP contribution in [0.5, 0.6) is 11.5 Å². The van der Waals surface area contributed by atoms with E-state index >= 15 is 0 Å². The molecule has 0 amide bonds. The van der Waals surface area contributed by atoms with Crippen LogP contribution < -0.4 is 15.2 Å². The summed E-state index contributed by atoms with van der Waals surface area (Å²) in [6.45, 7) is 0.227. The fourth-order valence-electron chi connectivity index (χ4n) is 1.34. The minimum absolute atomic E-state index is 0.0703. The van der Waals surface area contributed by atoms with Crippen molar-refractivity contribution in [1.29, 1.82) is 0 Å². The number of carboxylic acids is 1. The zero-order chi connectivity index (χ0) is 11.5. The molecular weight excluding hydrogens is 230 g/mol. The Morgan fingerprint density at radius 2 is 2.25 bits per heavy atom. The number of hydrogen-bond acceptors (Lipinski definition) is 5. The van der Waals surface area contributed by atoms with Gasteiger partial charge in [-0.3, -0.25) is 4.79 Å². The van der Waals surface area contributed by atoms with Gasteiger partial charge in [0.1, 0.15) is 0 Å². The number of carboxylic acid groups (broad SMARTS) is 1. The Kier molecular flexibility index (Phi) is 3.21. The van der Waals surface area contributed by atoms with E-state index in [4.69, 9.17) is 20.3 Å². The Bertz CT molecular complexity index is 410. The van der Waals surface area contributed by atoms with E-state index in [1.165, 1.54) is 11.8 Å². The lowest BCUT2D eigenvalue weighted by molar-refractivity contribution is -0.136. The van der Waals surface area contributed by atoms with Crippen molar-refractivity contribution >= 4 is 17.7 Å². The third kappa shape index (κ3) is 2.59. The SMILES string of the molecule is NC(CC(=O)O)Sc1ccc2c(c1)OCO2. The summed E-state index contributed by atoms with van der Waals surface area (Å²) in [7, 11) is 0. The topological polar surface area (TPSA) is 81.8 Å². The largest absolute Gasteiger partial charge is 0.481 e. The van der Waals surface area contributed by atoms with Crippen molar-refractivity contribution in [2.75, 3.05) is 6.79 Å². The van der Waals surface area contributed by atoms with Crippen molar-refractivity contribution in [2.24, 2.45) is 5.73 Å². The van der Waals surface area contributed by atoms with Gasteiger partial charge < -0.3 is 20.3 Å². The van der Waals surface area contributed by atoms with Crippen molar-refractivity contribution in [2.45, 2.75) is 16.7 Å². The van der Waals surface area contributed by atoms with Gasteiger partial charge in [-0.15, -0.1) is 11.8 Å². The summed E-state index contributed by atoms with van der Waals surface area (Å²) in [5.74, 6) is 0.476. The molecule has 1 atom stereocenters. The minimum atomic E-state index is -0.902. The Morgan fingerprint density at radius 3 is 3.00 bits per heavy atom. The van der Waals surface area contributed by atoms with E-state index in [0.29, 0.717) is 11.5 Å². The van der Waals surface area contributed by atoms with Crippen molar-refractivity contribution in [3.63, 3.8) is 0 Å². The minimum Gasteiger partial charge on any atom is -0.481 e. The molecule has 1 aliphatic rings. The molecule has 0 bridgehead atoms. The number of rotatable bonds is 4. The molecule has 0 aliphatic carbocycles. The van der Waals surface area contributed by atoms with Crippen molar-refractivity contribution in [3.8, 4) is 11.5 Å². The first-order chi connectivity index (χ1) is 7.65. The maximum atomic E-state index is 10.4. The maximum Gasteiger partial charge on any atom is 0.305 e. The molecule has 0 spiro atoms. The van der Waals surface area contributed by atoms with Gasteiger partial charge in [-0.1, -0.05) is 0 Å². The molecule has 1 heterocycles. The highest BCUT2D eigenvalue weighted by molar-refractivity contribution is 7.99. The highest BCUT2D eigenvalue weighted by atomic mass is 32.2. The van der Waals surface area contributed by atoms with Gasteiger partial charge in [0.25, 0.3) is 0 Å². The van der Waals surface area contributed by atoms with Crippen molar-refractivity contribution in [3.05, 3.63) is 18.2 Å². The van der Waals surface area contributed by atoms with E-state index in [1.807, 2.05) is 6.07 Å². The molecule has 0 saturated carbocycles. The fraction of sp³-hybridized carbons (Fsp3) is 0.300. The Labute approximate surface area is 96.5 Å². The Hall–Kier alpha value is -1.40. The van der Waals surface area contributed by atoms with E-state index < -0.39 is 11.3 Å². The molecule has 3 N–H and O–H groups in total. The summed E-state index contributed by atoms with van der Waals surface area (Å²) < 4.78 is 10.4. The van der Waals surface area contributed by atoms with Gasteiger partial charge in [0.2, 0.25) is 6.79 Å². The third-order valence-electron chi connectivity index (χ3n) is 2.01. The molecule has 0 fully saturated rings. The van der Waals surface area contributed by atoms with Crippen LogP contribution in [0.3, 0.4) is 0 Å². The van der Waals surface area contributed by atoms with E-state index in [2.05, 4.69) is 0 Å². The lowest BCUT2D eigenvalue weighted by Crippen LogP contribution is -2.19. The molecular formula is C10H11NO4S. The fourth-order valence-corrected chi connectivity index (χ4v) is 2.24. The van der Waals surface area contributed by atoms with Crippen molar-refractivity contribution in [1.82, 2.24) is 0 Å². The predicted molar refractivity (Wildman–Crippen MR) is 58.7 cm³/mol. The van der Waals surface area contributed by atoms with Crippen LogP contribution in [-0.4, -0.2) is 23.2 Å². The lowest BCUT2D eigenvalue weighted by atomic mass is 10.3. The summed E-state index contributed by atoms with van der Waals surface area (Å²) in [5, 5.41) is 8.12. The second-order valence-corrected chi connectivity index (χ2v) is 4.58. The van der Waals surface area contributed by atoms with Crippen LogP contribution in [0.15, 0.2) is 23.1 Å². The standard InChI is InChI=1S/C10H11NO4S/c11-9(4-10(12)13)16-6-1-2-7-8(3-6)15-5-14-7/h1-3,9H,4-5,11H2,(H,12,13). The second-order valence-electron chi connectivity index (χ2n) is 3.27. The molecule has 1 aromatic rings. The van der Waals surface area contributed by atoms with Crippen LogP contribution in [-0.2, 0) is 4.79 Å². The van der Waals surface area contributed by atoms with E-state index in [1.54, 1.807) is 12.1 Å². The van der Waals surface area contributed by atoms with Gasteiger partial charge in [-0.25, -0.2) is 0 Å². The smallest absolute Gasteiger partial charge is 0.305 e. The normalized spacial score (nSPS) is 14.8. The van der Waals surface area contributed by atoms with Gasteiger partial charge >= 0.3 is 5.97 Å².